The monoisotopic (exact) mass is 326 g/mol. The minimum atomic E-state index is -1.11. The van der Waals surface area contributed by atoms with Gasteiger partial charge < -0.3 is 20.4 Å². The number of unbranched alkanes of at least 4 members (excludes halogenated alkanes) is 6. The van der Waals surface area contributed by atoms with Crippen LogP contribution in [0, 0.1) is 0 Å². The van der Waals surface area contributed by atoms with Gasteiger partial charge in [-0.3, -0.25) is 4.79 Å². The van der Waals surface area contributed by atoms with Crippen LogP contribution in [0.2, 0.25) is 0 Å². The second kappa shape index (κ2) is 13.6. The Balaban J connectivity index is 0.000000433. The van der Waals surface area contributed by atoms with E-state index in [1.807, 2.05) is 0 Å². The Kier molecular flexibility index (Phi) is 12.3. The number of rotatable bonds is 10. The van der Waals surface area contributed by atoms with Crippen LogP contribution in [0.5, 0.6) is 5.75 Å². The van der Waals surface area contributed by atoms with Crippen molar-refractivity contribution < 1.29 is 30.0 Å². The van der Waals surface area contributed by atoms with Gasteiger partial charge in [-0.1, -0.05) is 44.2 Å². The standard InChI is InChI=1S/C10H20O3.C7H6O3/c11-9-7-5-3-1-2-4-6-8-10(12)13;8-6-4-2-1-3-5(6)7(9)10/h11H,1-9H2,(H,12,13);1-4,8H,(H,9,10). The number of aliphatic hydroxyl groups is 1. The maximum Gasteiger partial charge on any atom is 0.339 e. The maximum absolute atomic E-state index is 10.3. The molecule has 4 N–H and O–H groups in total. The van der Waals surface area contributed by atoms with E-state index in [9.17, 15) is 9.59 Å². The number of benzene rings is 1. The lowest BCUT2D eigenvalue weighted by molar-refractivity contribution is -0.137. The number of para-hydroxylation sites is 1. The Morgan fingerprint density at radius 2 is 1.35 bits per heavy atom. The lowest BCUT2D eigenvalue weighted by Crippen LogP contribution is -1.95. The topological polar surface area (TPSA) is 115 Å². The second-order valence-electron chi connectivity index (χ2n) is 5.16. The van der Waals surface area contributed by atoms with E-state index in [0.29, 0.717) is 13.0 Å². The lowest BCUT2D eigenvalue weighted by atomic mass is 10.1. The Morgan fingerprint density at radius 1 is 0.826 bits per heavy atom. The molecule has 0 atom stereocenters. The summed E-state index contributed by atoms with van der Waals surface area (Å²) in [6.07, 6.45) is 7.56. The first-order chi connectivity index (χ1) is 11.0. The molecule has 0 unspecified atom stereocenters. The van der Waals surface area contributed by atoms with Gasteiger partial charge in [0.15, 0.2) is 0 Å². The molecule has 130 valence electrons. The zero-order valence-electron chi connectivity index (χ0n) is 13.3. The summed E-state index contributed by atoms with van der Waals surface area (Å²) in [5, 5.41) is 34.2. The average Bonchev–Trinajstić information content (AvgIpc) is 2.50. The van der Waals surface area contributed by atoms with E-state index in [1.54, 1.807) is 12.1 Å². The molecule has 23 heavy (non-hydrogen) atoms. The molecule has 0 aliphatic carbocycles. The van der Waals surface area contributed by atoms with Gasteiger partial charge in [-0.15, -0.1) is 0 Å². The molecule has 0 radical (unpaired) electrons. The molecule has 0 saturated carbocycles. The summed E-state index contributed by atoms with van der Waals surface area (Å²) < 4.78 is 0. The zero-order valence-corrected chi connectivity index (χ0v) is 13.3. The highest BCUT2D eigenvalue weighted by molar-refractivity contribution is 5.90. The van der Waals surface area contributed by atoms with Crippen LogP contribution in [0.15, 0.2) is 24.3 Å². The van der Waals surface area contributed by atoms with Crippen LogP contribution in [0.25, 0.3) is 0 Å². The van der Waals surface area contributed by atoms with Crippen LogP contribution in [0.1, 0.15) is 61.7 Å². The molecule has 0 spiro atoms. The highest BCUT2D eigenvalue weighted by atomic mass is 16.4. The van der Waals surface area contributed by atoms with Crippen LogP contribution in [0.3, 0.4) is 0 Å². The highest BCUT2D eigenvalue weighted by Crippen LogP contribution is 2.14. The summed E-state index contributed by atoms with van der Waals surface area (Å²) in [7, 11) is 0. The first kappa shape index (κ1) is 20.9. The third-order valence-electron chi connectivity index (χ3n) is 3.18. The van der Waals surface area contributed by atoms with Crippen LogP contribution < -0.4 is 0 Å². The molecule has 1 rings (SSSR count). The lowest BCUT2D eigenvalue weighted by Gasteiger charge is -1.99. The summed E-state index contributed by atoms with van der Waals surface area (Å²) in [4.78, 5) is 20.4. The van der Waals surface area contributed by atoms with Crippen molar-refractivity contribution >= 4 is 11.9 Å². The van der Waals surface area contributed by atoms with Crippen molar-refractivity contribution in [3.63, 3.8) is 0 Å². The van der Waals surface area contributed by atoms with Crippen LogP contribution in [0.4, 0.5) is 0 Å². The molecule has 1 aromatic rings. The molecule has 6 heteroatoms. The number of carboxylic acids is 2. The fourth-order valence-electron chi connectivity index (χ4n) is 1.93. The summed E-state index contributed by atoms with van der Waals surface area (Å²) >= 11 is 0. The van der Waals surface area contributed by atoms with Crippen LogP contribution in [-0.2, 0) is 4.79 Å². The van der Waals surface area contributed by atoms with Gasteiger partial charge in [0.1, 0.15) is 11.3 Å². The average molecular weight is 326 g/mol. The Hall–Kier alpha value is -2.08. The van der Waals surface area contributed by atoms with E-state index in [-0.39, 0.29) is 11.3 Å². The second-order valence-corrected chi connectivity index (χ2v) is 5.16. The summed E-state index contributed by atoms with van der Waals surface area (Å²) in [6.45, 7) is 0.291. The van der Waals surface area contributed by atoms with Crippen molar-refractivity contribution in [2.75, 3.05) is 6.61 Å². The minimum absolute atomic E-state index is 0.0671. The van der Waals surface area contributed by atoms with Gasteiger partial charge in [-0.2, -0.15) is 0 Å². The van der Waals surface area contributed by atoms with Crippen molar-refractivity contribution in [3.05, 3.63) is 29.8 Å². The number of carboxylic acid groups (broad SMARTS) is 2. The van der Waals surface area contributed by atoms with E-state index in [2.05, 4.69) is 0 Å². The van der Waals surface area contributed by atoms with Crippen LogP contribution >= 0.6 is 0 Å². The van der Waals surface area contributed by atoms with Gasteiger partial charge in [-0.05, 0) is 25.0 Å². The molecule has 0 heterocycles. The normalized spacial score (nSPS) is 9.78. The largest absolute Gasteiger partial charge is 0.507 e. The maximum atomic E-state index is 10.3. The van der Waals surface area contributed by atoms with E-state index in [0.717, 1.165) is 38.5 Å². The summed E-state index contributed by atoms with van der Waals surface area (Å²) in [5.74, 6) is -2.01. The zero-order chi connectivity index (χ0) is 17.5. The van der Waals surface area contributed by atoms with Crippen molar-refractivity contribution in [1.82, 2.24) is 0 Å². The Bertz CT molecular complexity index is 458. The number of aromatic carboxylic acids is 1. The Morgan fingerprint density at radius 3 is 1.78 bits per heavy atom. The predicted octanol–water partition coefficient (Wildman–Crippen LogP) is 3.27. The van der Waals surface area contributed by atoms with Gasteiger partial charge in [0.25, 0.3) is 0 Å². The highest BCUT2D eigenvalue weighted by Gasteiger charge is 2.05. The molecular weight excluding hydrogens is 300 g/mol. The first-order valence-corrected chi connectivity index (χ1v) is 7.83. The number of hydrogen-bond acceptors (Lipinski definition) is 4. The number of phenols is 1. The number of aliphatic hydroxyl groups excluding tert-OH is 1. The van der Waals surface area contributed by atoms with E-state index in [4.69, 9.17) is 20.4 Å². The van der Waals surface area contributed by atoms with Crippen molar-refractivity contribution in [3.8, 4) is 5.75 Å². The van der Waals surface area contributed by atoms with Gasteiger partial charge in [-0.25, -0.2) is 4.79 Å². The molecule has 0 aliphatic heterocycles. The van der Waals surface area contributed by atoms with E-state index in [1.165, 1.54) is 18.6 Å². The smallest absolute Gasteiger partial charge is 0.339 e. The van der Waals surface area contributed by atoms with Gasteiger partial charge in [0.2, 0.25) is 0 Å². The Labute approximate surface area is 136 Å². The molecule has 0 aromatic heterocycles. The quantitative estimate of drug-likeness (QED) is 0.490. The van der Waals surface area contributed by atoms with E-state index < -0.39 is 11.9 Å². The van der Waals surface area contributed by atoms with Crippen LogP contribution in [-0.4, -0.2) is 39.0 Å². The SMILES string of the molecule is O=C(O)CCCCCCCCCO.O=C(O)c1ccccc1O. The van der Waals surface area contributed by atoms with Gasteiger partial charge >= 0.3 is 11.9 Å². The number of aliphatic carboxylic acids is 1. The molecule has 1 aromatic carbocycles. The summed E-state index contributed by atoms with van der Waals surface area (Å²) in [6, 6.07) is 5.81. The van der Waals surface area contributed by atoms with Gasteiger partial charge in [0.05, 0.1) is 0 Å². The number of aromatic hydroxyl groups is 1. The first-order valence-electron chi connectivity index (χ1n) is 7.83. The molecule has 0 bridgehead atoms. The van der Waals surface area contributed by atoms with Crippen molar-refractivity contribution in [1.29, 1.82) is 0 Å². The minimum Gasteiger partial charge on any atom is -0.507 e. The summed E-state index contributed by atoms with van der Waals surface area (Å²) in [5.41, 5.74) is -0.0671. The predicted molar refractivity (Wildman–Crippen MR) is 86.7 cm³/mol. The van der Waals surface area contributed by atoms with E-state index >= 15 is 0 Å². The molecular formula is C17H26O6. The molecule has 0 amide bonds. The van der Waals surface area contributed by atoms with Gasteiger partial charge in [0, 0.05) is 13.0 Å². The third kappa shape index (κ3) is 12.2. The number of hydrogen-bond donors (Lipinski definition) is 4. The fourth-order valence-corrected chi connectivity index (χ4v) is 1.93. The third-order valence-corrected chi connectivity index (χ3v) is 3.18. The molecule has 0 saturated heterocycles. The number of carbonyl (C=O) groups is 2. The van der Waals surface area contributed by atoms with Crippen molar-refractivity contribution in [2.24, 2.45) is 0 Å². The molecule has 6 nitrogen and oxygen atoms in total. The molecule has 0 fully saturated rings. The fraction of sp³-hybridized carbons (Fsp3) is 0.529. The van der Waals surface area contributed by atoms with Crippen molar-refractivity contribution in [2.45, 2.75) is 51.4 Å². The molecule has 0 aliphatic rings.